The molecular formula is C12H8N2Ru+2. The summed E-state index contributed by atoms with van der Waals surface area (Å²) in [7, 11) is 0. The van der Waals surface area contributed by atoms with Gasteiger partial charge in [0.15, 0.2) is 0 Å². The van der Waals surface area contributed by atoms with E-state index in [1.807, 2.05) is 12.1 Å². The molecule has 0 atom stereocenters. The molecule has 3 rings (SSSR count). The van der Waals surface area contributed by atoms with Crippen molar-refractivity contribution in [2.24, 2.45) is 0 Å². The minimum atomic E-state index is 0. The molecule has 0 spiro atoms. The van der Waals surface area contributed by atoms with Gasteiger partial charge >= 0.3 is 19.5 Å². The fraction of sp³-hybridized carbons (Fsp3) is 0. The molecule has 2 aromatic heterocycles. The van der Waals surface area contributed by atoms with Crippen molar-refractivity contribution in [2.75, 3.05) is 0 Å². The second kappa shape index (κ2) is 4.03. The Hall–Kier alpha value is -1.34. The van der Waals surface area contributed by atoms with Crippen molar-refractivity contribution in [1.29, 1.82) is 0 Å². The molecule has 3 aromatic rings. The molecule has 0 radical (unpaired) electrons. The van der Waals surface area contributed by atoms with Crippen molar-refractivity contribution in [3.05, 3.63) is 48.8 Å². The number of nitrogens with zero attached hydrogens (tertiary/aromatic N) is 2. The van der Waals surface area contributed by atoms with E-state index in [1.54, 1.807) is 12.4 Å². The van der Waals surface area contributed by atoms with Crippen LogP contribution in [0.5, 0.6) is 0 Å². The average Bonchev–Trinajstić information content (AvgIpc) is 2.29. The normalized spacial score (nSPS) is 10.1. The number of aromatic nitrogens is 2. The summed E-state index contributed by atoms with van der Waals surface area (Å²) in [5, 5.41) is 2.28. The van der Waals surface area contributed by atoms with E-state index < -0.39 is 0 Å². The standard InChI is InChI=1S/C12H8N2.Ru/c1-3-9-5-6-10-4-2-8-14-12(10)11(9)13-7-1;/h1-8H;/q;+2. The maximum Gasteiger partial charge on any atom is 2.00 e. The van der Waals surface area contributed by atoms with Crippen LogP contribution in [0.1, 0.15) is 0 Å². The summed E-state index contributed by atoms with van der Waals surface area (Å²) >= 11 is 0. The molecule has 3 heteroatoms. The molecule has 0 fully saturated rings. The molecule has 0 unspecified atom stereocenters. The van der Waals surface area contributed by atoms with Crippen LogP contribution >= 0.6 is 0 Å². The van der Waals surface area contributed by atoms with Gasteiger partial charge in [-0.05, 0) is 12.1 Å². The Kier molecular flexibility index (Phi) is 2.74. The third kappa shape index (κ3) is 1.64. The van der Waals surface area contributed by atoms with Gasteiger partial charge in [-0.1, -0.05) is 24.3 Å². The fourth-order valence-corrected chi connectivity index (χ4v) is 1.68. The van der Waals surface area contributed by atoms with Gasteiger partial charge in [-0.25, -0.2) is 0 Å². The quantitative estimate of drug-likeness (QED) is 0.468. The van der Waals surface area contributed by atoms with Crippen molar-refractivity contribution in [3.8, 4) is 0 Å². The van der Waals surface area contributed by atoms with Crippen LogP contribution in [0.15, 0.2) is 48.8 Å². The van der Waals surface area contributed by atoms with Crippen LogP contribution in [0.25, 0.3) is 21.8 Å². The molecule has 0 bridgehead atoms. The monoisotopic (exact) mass is 282 g/mol. The predicted molar refractivity (Wildman–Crippen MR) is 57.0 cm³/mol. The van der Waals surface area contributed by atoms with Crippen LogP contribution in [0.2, 0.25) is 0 Å². The maximum absolute atomic E-state index is 4.35. The van der Waals surface area contributed by atoms with Crippen molar-refractivity contribution in [1.82, 2.24) is 9.97 Å². The number of benzene rings is 1. The van der Waals surface area contributed by atoms with Crippen LogP contribution in [0.3, 0.4) is 0 Å². The van der Waals surface area contributed by atoms with Crippen LogP contribution in [0, 0.1) is 0 Å². The van der Waals surface area contributed by atoms with Gasteiger partial charge < -0.3 is 0 Å². The van der Waals surface area contributed by atoms with Gasteiger partial charge in [0.2, 0.25) is 0 Å². The minimum Gasteiger partial charge on any atom is -0.254 e. The SMILES string of the molecule is [Ru+2].c1cnc2c(c1)ccc1cccnc12. The van der Waals surface area contributed by atoms with E-state index in [1.165, 1.54) is 0 Å². The Morgan fingerprint density at radius 1 is 0.667 bits per heavy atom. The van der Waals surface area contributed by atoms with Gasteiger partial charge in [0.25, 0.3) is 0 Å². The smallest absolute Gasteiger partial charge is 0.254 e. The number of pyridine rings is 2. The summed E-state index contributed by atoms with van der Waals surface area (Å²) in [6.45, 7) is 0. The summed E-state index contributed by atoms with van der Waals surface area (Å²) in [4.78, 5) is 8.69. The summed E-state index contributed by atoms with van der Waals surface area (Å²) in [6.07, 6.45) is 3.60. The number of hydrogen-bond acceptors (Lipinski definition) is 2. The van der Waals surface area contributed by atoms with E-state index in [0.717, 1.165) is 21.8 Å². The van der Waals surface area contributed by atoms with Gasteiger partial charge in [-0.2, -0.15) is 0 Å². The molecule has 2 nitrogen and oxygen atoms in total. The van der Waals surface area contributed by atoms with Crippen LogP contribution in [0.4, 0.5) is 0 Å². The molecule has 0 saturated carbocycles. The Labute approximate surface area is 100 Å². The van der Waals surface area contributed by atoms with Gasteiger partial charge in [-0.3, -0.25) is 9.97 Å². The number of fused-ring (bicyclic) bond motifs is 3. The maximum atomic E-state index is 4.35. The van der Waals surface area contributed by atoms with Crippen molar-refractivity contribution in [2.45, 2.75) is 0 Å². The van der Waals surface area contributed by atoms with Crippen LogP contribution in [-0.4, -0.2) is 9.97 Å². The molecule has 0 aliphatic carbocycles. The molecule has 0 aliphatic rings. The zero-order valence-corrected chi connectivity index (χ0v) is 9.60. The minimum absolute atomic E-state index is 0. The van der Waals surface area contributed by atoms with E-state index in [9.17, 15) is 0 Å². The van der Waals surface area contributed by atoms with E-state index >= 15 is 0 Å². The zero-order chi connectivity index (χ0) is 9.38. The Morgan fingerprint density at radius 3 is 1.60 bits per heavy atom. The second-order valence-electron chi connectivity index (χ2n) is 3.22. The summed E-state index contributed by atoms with van der Waals surface area (Å²) < 4.78 is 0. The predicted octanol–water partition coefficient (Wildman–Crippen LogP) is 2.78. The third-order valence-electron chi connectivity index (χ3n) is 2.34. The van der Waals surface area contributed by atoms with Crippen molar-refractivity contribution >= 4 is 21.8 Å². The molecule has 2 heterocycles. The molecule has 0 N–H and O–H groups in total. The van der Waals surface area contributed by atoms with Crippen molar-refractivity contribution < 1.29 is 19.5 Å². The number of hydrogen-bond donors (Lipinski definition) is 0. The topological polar surface area (TPSA) is 25.8 Å². The molecule has 15 heavy (non-hydrogen) atoms. The van der Waals surface area contributed by atoms with E-state index in [-0.39, 0.29) is 19.5 Å². The fourth-order valence-electron chi connectivity index (χ4n) is 1.68. The van der Waals surface area contributed by atoms with Gasteiger partial charge in [0.1, 0.15) is 0 Å². The first-order chi connectivity index (χ1) is 6.95. The Balaban J connectivity index is 0.000000853. The zero-order valence-electron chi connectivity index (χ0n) is 7.87. The van der Waals surface area contributed by atoms with E-state index in [2.05, 4.69) is 34.2 Å². The largest absolute Gasteiger partial charge is 2.00 e. The molecular weight excluding hydrogens is 273 g/mol. The summed E-state index contributed by atoms with van der Waals surface area (Å²) in [5.41, 5.74) is 1.95. The first kappa shape index (κ1) is 10.2. The van der Waals surface area contributed by atoms with Gasteiger partial charge in [0, 0.05) is 23.2 Å². The third-order valence-corrected chi connectivity index (χ3v) is 2.34. The van der Waals surface area contributed by atoms with E-state index in [4.69, 9.17) is 0 Å². The Bertz CT molecular complexity index is 553. The average molecular weight is 281 g/mol. The summed E-state index contributed by atoms with van der Waals surface area (Å²) in [5.74, 6) is 0. The molecule has 0 aliphatic heterocycles. The summed E-state index contributed by atoms with van der Waals surface area (Å²) in [6, 6.07) is 12.1. The van der Waals surface area contributed by atoms with Crippen LogP contribution in [-0.2, 0) is 19.5 Å². The van der Waals surface area contributed by atoms with Gasteiger partial charge in [-0.15, -0.1) is 0 Å². The first-order valence-electron chi connectivity index (χ1n) is 4.53. The molecule has 72 valence electrons. The molecule has 0 amide bonds. The Morgan fingerprint density at radius 2 is 1.13 bits per heavy atom. The van der Waals surface area contributed by atoms with Crippen molar-refractivity contribution in [3.63, 3.8) is 0 Å². The molecule has 1 aromatic carbocycles. The number of rotatable bonds is 0. The van der Waals surface area contributed by atoms with Gasteiger partial charge in [0.05, 0.1) is 11.0 Å². The van der Waals surface area contributed by atoms with E-state index in [0.29, 0.717) is 0 Å². The first-order valence-corrected chi connectivity index (χ1v) is 4.53. The second-order valence-corrected chi connectivity index (χ2v) is 3.22. The van der Waals surface area contributed by atoms with Crippen LogP contribution < -0.4 is 0 Å². The molecule has 0 saturated heterocycles.